The van der Waals surface area contributed by atoms with Crippen LogP contribution >= 0.6 is 11.6 Å². The fourth-order valence-corrected chi connectivity index (χ4v) is 2.32. The van der Waals surface area contributed by atoms with Crippen molar-refractivity contribution >= 4 is 22.5 Å². The summed E-state index contributed by atoms with van der Waals surface area (Å²) >= 11 is 6.04. The molecule has 0 saturated carbocycles. The molecule has 4 heteroatoms. The summed E-state index contributed by atoms with van der Waals surface area (Å²) < 4.78 is 5.22. The first-order valence-corrected chi connectivity index (χ1v) is 6.63. The monoisotopic (exact) mass is 284 g/mol. The molecule has 1 aromatic heterocycles. The number of halogens is 1. The van der Waals surface area contributed by atoms with E-state index in [0.29, 0.717) is 0 Å². The second-order valence-corrected chi connectivity index (χ2v) is 4.93. The van der Waals surface area contributed by atoms with E-state index in [1.807, 2.05) is 30.3 Å². The molecular weight excluding hydrogens is 272 g/mol. The Bertz CT molecular complexity index is 769. The second kappa shape index (κ2) is 5.10. The van der Waals surface area contributed by atoms with Gasteiger partial charge >= 0.3 is 0 Å². The van der Waals surface area contributed by atoms with E-state index in [1.54, 1.807) is 7.11 Å². The van der Waals surface area contributed by atoms with Crippen LogP contribution in [0.15, 0.2) is 42.5 Å². The smallest absolute Gasteiger partial charge is 0.223 e. The highest BCUT2D eigenvalue weighted by molar-refractivity contribution is 6.28. The number of hydrogen-bond acceptors (Lipinski definition) is 3. The standard InChI is InChI=1S/C16H13ClN2O/c1-10-3-5-11(6-4-10)15-13-8-7-12(20-2)9-14(13)18-16(17)19-15/h3-9H,1-2H3. The molecule has 0 unspecified atom stereocenters. The molecule has 0 atom stereocenters. The molecule has 0 amide bonds. The molecule has 0 saturated heterocycles. The molecule has 0 spiro atoms. The molecule has 0 fully saturated rings. The average Bonchev–Trinajstić information content (AvgIpc) is 2.46. The van der Waals surface area contributed by atoms with Crippen molar-refractivity contribution < 1.29 is 4.74 Å². The zero-order chi connectivity index (χ0) is 14.1. The Morgan fingerprint density at radius 1 is 1.00 bits per heavy atom. The highest BCUT2D eigenvalue weighted by atomic mass is 35.5. The van der Waals surface area contributed by atoms with Crippen LogP contribution in [0.1, 0.15) is 5.56 Å². The highest BCUT2D eigenvalue weighted by Gasteiger charge is 2.09. The van der Waals surface area contributed by atoms with Crippen LogP contribution in [-0.2, 0) is 0 Å². The van der Waals surface area contributed by atoms with Crippen LogP contribution in [-0.4, -0.2) is 17.1 Å². The Morgan fingerprint density at radius 2 is 1.75 bits per heavy atom. The lowest BCUT2D eigenvalue weighted by atomic mass is 10.1. The van der Waals surface area contributed by atoms with Crippen LogP contribution in [0.5, 0.6) is 5.75 Å². The summed E-state index contributed by atoms with van der Waals surface area (Å²) in [6, 6.07) is 13.9. The fraction of sp³-hybridized carbons (Fsp3) is 0.125. The third-order valence-corrected chi connectivity index (χ3v) is 3.37. The van der Waals surface area contributed by atoms with Crippen molar-refractivity contribution in [1.82, 2.24) is 9.97 Å². The first-order valence-electron chi connectivity index (χ1n) is 6.26. The maximum absolute atomic E-state index is 6.04. The van der Waals surface area contributed by atoms with Gasteiger partial charge in [0.2, 0.25) is 5.28 Å². The number of aromatic nitrogens is 2. The van der Waals surface area contributed by atoms with Crippen molar-refractivity contribution in [2.24, 2.45) is 0 Å². The molecule has 100 valence electrons. The molecular formula is C16H13ClN2O. The highest BCUT2D eigenvalue weighted by Crippen LogP contribution is 2.29. The van der Waals surface area contributed by atoms with Gasteiger partial charge in [0.15, 0.2) is 0 Å². The van der Waals surface area contributed by atoms with Gasteiger partial charge < -0.3 is 4.74 Å². The molecule has 0 aliphatic rings. The zero-order valence-electron chi connectivity index (χ0n) is 11.2. The number of ether oxygens (including phenoxy) is 1. The summed E-state index contributed by atoms with van der Waals surface area (Å²) in [5.41, 5.74) is 3.84. The van der Waals surface area contributed by atoms with Crippen LogP contribution in [0.3, 0.4) is 0 Å². The Morgan fingerprint density at radius 3 is 2.45 bits per heavy atom. The summed E-state index contributed by atoms with van der Waals surface area (Å²) in [4.78, 5) is 8.63. The van der Waals surface area contributed by atoms with Gasteiger partial charge in [0.05, 0.1) is 18.3 Å². The molecule has 2 aromatic carbocycles. The van der Waals surface area contributed by atoms with Gasteiger partial charge in [-0.3, -0.25) is 0 Å². The van der Waals surface area contributed by atoms with Crippen molar-refractivity contribution in [2.45, 2.75) is 6.92 Å². The van der Waals surface area contributed by atoms with E-state index in [1.165, 1.54) is 5.56 Å². The molecule has 0 N–H and O–H groups in total. The van der Waals surface area contributed by atoms with Crippen molar-refractivity contribution in [2.75, 3.05) is 7.11 Å². The van der Waals surface area contributed by atoms with E-state index in [-0.39, 0.29) is 5.28 Å². The lowest BCUT2D eigenvalue weighted by Crippen LogP contribution is -1.92. The van der Waals surface area contributed by atoms with Crippen LogP contribution in [0.2, 0.25) is 5.28 Å². The average molecular weight is 285 g/mol. The fourth-order valence-electron chi connectivity index (χ4n) is 2.14. The van der Waals surface area contributed by atoms with Gasteiger partial charge in [-0.2, -0.15) is 0 Å². The van der Waals surface area contributed by atoms with Gasteiger partial charge in [0.25, 0.3) is 0 Å². The largest absolute Gasteiger partial charge is 0.497 e. The molecule has 0 radical (unpaired) electrons. The third-order valence-electron chi connectivity index (χ3n) is 3.20. The maximum Gasteiger partial charge on any atom is 0.223 e. The van der Waals surface area contributed by atoms with Crippen LogP contribution in [0.4, 0.5) is 0 Å². The number of methoxy groups -OCH3 is 1. The molecule has 3 nitrogen and oxygen atoms in total. The number of benzene rings is 2. The lowest BCUT2D eigenvalue weighted by Gasteiger charge is -2.08. The van der Waals surface area contributed by atoms with Crippen molar-refractivity contribution in [1.29, 1.82) is 0 Å². The van der Waals surface area contributed by atoms with Crippen LogP contribution < -0.4 is 4.74 Å². The minimum absolute atomic E-state index is 0.237. The number of nitrogens with zero attached hydrogens (tertiary/aromatic N) is 2. The predicted molar refractivity (Wildman–Crippen MR) is 81.3 cm³/mol. The van der Waals surface area contributed by atoms with Gasteiger partial charge in [-0.1, -0.05) is 29.8 Å². The van der Waals surface area contributed by atoms with E-state index in [4.69, 9.17) is 16.3 Å². The maximum atomic E-state index is 6.04. The minimum Gasteiger partial charge on any atom is -0.497 e. The minimum atomic E-state index is 0.237. The lowest BCUT2D eigenvalue weighted by molar-refractivity contribution is 0.415. The van der Waals surface area contributed by atoms with Crippen molar-refractivity contribution in [3.63, 3.8) is 0 Å². The molecule has 0 aliphatic heterocycles. The zero-order valence-corrected chi connectivity index (χ0v) is 12.0. The Labute approximate surface area is 122 Å². The van der Waals surface area contributed by atoms with Gasteiger partial charge in [0, 0.05) is 17.0 Å². The topological polar surface area (TPSA) is 35.0 Å². The summed E-state index contributed by atoms with van der Waals surface area (Å²) in [6.45, 7) is 2.06. The Hall–Kier alpha value is -2.13. The molecule has 0 aliphatic carbocycles. The Balaban J connectivity index is 2.26. The SMILES string of the molecule is COc1ccc2c(-c3ccc(C)cc3)nc(Cl)nc2c1. The molecule has 1 heterocycles. The van der Waals surface area contributed by atoms with Gasteiger partial charge in [0.1, 0.15) is 5.75 Å². The van der Waals surface area contributed by atoms with Crippen LogP contribution in [0.25, 0.3) is 22.2 Å². The number of hydrogen-bond donors (Lipinski definition) is 0. The van der Waals surface area contributed by atoms with Crippen molar-refractivity contribution in [3.8, 4) is 17.0 Å². The number of rotatable bonds is 2. The summed E-state index contributed by atoms with van der Waals surface area (Å²) in [5, 5.41) is 1.19. The molecule has 3 aromatic rings. The summed E-state index contributed by atoms with van der Waals surface area (Å²) in [7, 11) is 1.63. The number of aryl methyl sites for hydroxylation is 1. The molecule has 0 bridgehead atoms. The quantitative estimate of drug-likeness (QED) is 0.659. The summed E-state index contributed by atoms with van der Waals surface area (Å²) in [5.74, 6) is 0.752. The van der Waals surface area contributed by atoms with Crippen molar-refractivity contribution in [3.05, 3.63) is 53.3 Å². The number of fused-ring (bicyclic) bond motifs is 1. The normalized spacial score (nSPS) is 10.8. The first-order chi connectivity index (χ1) is 9.67. The molecule has 20 heavy (non-hydrogen) atoms. The van der Waals surface area contributed by atoms with Crippen LogP contribution in [0, 0.1) is 6.92 Å². The van der Waals surface area contributed by atoms with Gasteiger partial charge in [-0.25, -0.2) is 9.97 Å². The Kier molecular flexibility index (Phi) is 3.28. The van der Waals surface area contributed by atoms with E-state index in [0.717, 1.165) is 27.9 Å². The third kappa shape index (κ3) is 2.32. The first kappa shape index (κ1) is 12.9. The van der Waals surface area contributed by atoms with Gasteiger partial charge in [-0.05, 0) is 30.7 Å². The van der Waals surface area contributed by atoms with Gasteiger partial charge in [-0.15, -0.1) is 0 Å². The molecule has 3 rings (SSSR count). The predicted octanol–water partition coefficient (Wildman–Crippen LogP) is 4.27. The summed E-state index contributed by atoms with van der Waals surface area (Å²) in [6.07, 6.45) is 0. The second-order valence-electron chi connectivity index (χ2n) is 4.59. The van der Waals surface area contributed by atoms with E-state index in [2.05, 4.69) is 29.0 Å². The van der Waals surface area contributed by atoms with E-state index < -0.39 is 0 Å². The van der Waals surface area contributed by atoms with E-state index in [9.17, 15) is 0 Å². The van der Waals surface area contributed by atoms with E-state index >= 15 is 0 Å².